The maximum absolute atomic E-state index is 10.1. The molecule has 0 bridgehead atoms. The van der Waals surface area contributed by atoms with E-state index in [0.29, 0.717) is 19.0 Å². The summed E-state index contributed by atoms with van der Waals surface area (Å²) in [5.41, 5.74) is 2.03. The largest absolute Gasteiger partial charge is 0.491 e. The number of aliphatic hydroxyl groups is 2. The molecule has 1 aliphatic rings. The fourth-order valence-corrected chi connectivity index (χ4v) is 2.93. The molecule has 1 unspecified atom stereocenters. The van der Waals surface area contributed by atoms with Crippen LogP contribution in [0.25, 0.3) is 0 Å². The zero-order valence-electron chi connectivity index (χ0n) is 13.6. The summed E-state index contributed by atoms with van der Waals surface area (Å²) in [6, 6.07) is 3.88. The molecule has 2 rings (SSSR count). The number of aliphatic hydroxyl groups excluding tert-OH is 2. The summed E-state index contributed by atoms with van der Waals surface area (Å²) < 4.78 is 5.84. The Hall–Kier alpha value is -0.810. The van der Waals surface area contributed by atoms with Crippen molar-refractivity contribution in [3.05, 3.63) is 28.3 Å². The summed E-state index contributed by atoms with van der Waals surface area (Å²) in [4.78, 5) is 2.06. The van der Waals surface area contributed by atoms with Gasteiger partial charge in [-0.25, -0.2) is 0 Å². The van der Waals surface area contributed by atoms with Crippen molar-refractivity contribution in [1.82, 2.24) is 4.90 Å². The van der Waals surface area contributed by atoms with E-state index in [9.17, 15) is 10.2 Å². The Morgan fingerprint density at radius 3 is 2.73 bits per heavy atom. The number of β-amino-alcohol motifs (C(OH)–C–C–N with tert-alkyl or cyclic N) is 2. The maximum Gasteiger partial charge on any atom is 0.123 e. The third kappa shape index (κ3) is 4.59. The molecular weight excluding hydrogens is 302 g/mol. The van der Waals surface area contributed by atoms with Gasteiger partial charge in [-0.1, -0.05) is 25.4 Å². The van der Waals surface area contributed by atoms with Crippen molar-refractivity contribution in [2.24, 2.45) is 0 Å². The van der Waals surface area contributed by atoms with Crippen molar-refractivity contribution in [2.75, 3.05) is 26.2 Å². The van der Waals surface area contributed by atoms with Crippen molar-refractivity contribution < 1.29 is 14.9 Å². The highest BCUT2D eigenvalue weighted by Gasteiger charge is 2.22. The molecule has 124 valence electrons. The Morgan fingerprint density at radius 2 is 2.14 bits per heavy atom. The van der Waals surface area contributed by atoms with Gasteiger partial charge in [0.25, 0.3) is 0 Å². The number of ether oxygens (including phenoxy) is 1. The molecule has 1 saturated heterocycles. The summed E-state index contributed by atoms with van der Waals surface area (Å²) >= 11 is 6.18. The average Bonchev–Trinajstić information content (AvgIpc) is 2.84. The molecule has 2 atom stereocenters. The minimum Gasteiger partial charge on any atom is -0.491 e. The van der Waals surface area contributed by atoms with Gasteiger partial charge in [-0.05, 0) is 42.5 Å². The van der Waals surface area contributed by atoms with E-state index in [2.05, 4.69) is 18.7 Å². The quantitative estimate of drug-likeness (QED) is 0.843. The highest BCUT2D eigenvalue weighted by molar-refractivity contribution is 6.31. The maximum atomic E-state index is 10.1. The standard InChI is InChI=1S/C17H26ClNO3/c1-11(2)15-7-16(18)12(3)6-17(15)22-10-14(21)9-19-5-4-13(20)8-19/h6-7,11,13-14,20-21H,4-5,8-10H2,1-3H3/t13-,14?/m0/s1. The Balaban J connectivity index is 1.94. The lowest BCUT2D eigenvalue weighted by atomic mass is 10.0. The van der Waals surface area contributed by atoms with Crippen LogP contribution in [0.5, 0.6) is 5.75 Å². The molecule has 1 aliphatic heterocycles. The molecule has 4 nitrogen and oxygen atoms in total. The first-order valence-electron chi connectivity index (χ1n) is 7.88. The highest BCUT2D eigenvalue weighted by Crippen LogP contribution is 2.32. The predicted octanol–water partition coefficient (Wildman–Crippen LogP) is 2.58. The van der Waals surface area contributed by atoms with Gasteiger partial charge in [0.2, 0.25) is 0 Å². The number of nitrogens with zero attached hydrogens (tertiary/aromatic N) is 1. The molecule has 0 amide bonds. The van der Waals surface area contributed by atoms with Gasteiger partial charge in [-0.2, -0.15) is 0 Å². The van der Waals surface area contributed by atoms with Crippen LogP contribution in [-0.4, -0.2) is 53.6 Å². The number of benzene rings is 1. The number of likely N-dealkylation sites (tertiary alicyclic amines) is 1. The van der Waals surface area contributed by atoms with E-state index in [1.165, 1.54) is 0 Å². The Labute approximate surface area is 137 Å². The fourth-order valence-electron chi connectivity index (χ4n) is 2.76. The van der Waals surface area contributed by atoms with E-state index < -0.39 is 6.10 Å². The first-order valence-corrected chi connectivity index (χ1v) is 8.26. The summed E-state index contributed by atoms with van der Waals surface area (Å²) in [5, 5.41) is 20.4. The normalized spacial score (nSPS) is 20.6. The molecule has 2 N–H and O–H groups in total. The van der Waals surface area contributed by atoms with Crippen molar-refractivity contribution in [3.63, 3.8) is 0 Å². The minimum absolute atomic E-state index is 0.243. The van der Waals surface area contributed by atoms with Crippen LogP contribution >= 0.6 is 11.6 Å². The van der Waals surface area contributed by atoms with Gasteiger partial charge in [-0.15, -0.1) is 0 Å². The second-order valence-corrected chi connectivity index (χ2v) is 6.87. The van der Waals surface area contributed by atoms with Crippen molar-refractivity contribution in [3.8, 4) is 5.75 Å². The molecule has 0 radical (unpaired) electrons. The molecule has 1 heterocycles. The Morgan fingerprint density at radius 1 is 1.41 bits per heavy atom. The van der Waals surface area contributed by atoms with E-state index in [1.807, 2.05) is 19.1 Å². The predicted molar refractivity (Wildman–Crippen MR) is 88.8 cm³/mol. The summed E-state index contributed by atoms with van der Waals surface area (Å²) in [7, 11) is 0. The average molecular weight is 328 g/mol. The van der Waals surface area contributed by atoms with Gasteiger partial charge in [0.15, 0.2) is 0 Å². The molecule has 0 saturated carbocycles. The van der Waals surface area contributed by atoms with E-state index >= 15 is 0 Å². The molecule has 1 aromatic carbocycles. The summed E-state index contributed by atoms with van der Waals surface area (Å²) in [6.07, 6.45) is -0.0533. The van der Waals surface area contributed by atoms with Gasteiger partial charge in [0.05, 0.1) is 6.10 Å². The van der Waals surface area contributed by atoms with E-state index in [0.717, 1.165) is 34.9 Å². The van der Waals surface area contributed by atoms with Crippen LogP contribution < -0.4 is 4.74 Å². The van der Waals surface area contributed by atoms with E-state index in [1.54, 1.807) is 0 Å². The number of hydrogen-bond acceptors (Lipinski definition) is 4. The number of aryl methyl sites for hydroxylation is 1. The molecule has 1 aromatic rings. The second kappa shape index (κ2) is 7.64. The molecular formula is C17H26ClNO3. The van der Waals surface area contributed by atoms with Gasteiger partial charge in [0, 0.05) is 24.7 Å². The molecule has 5 heteroatoms. The third-order valence-corrected chi connectivity index (χ3v) is 4.47. The van der Waals surface area contributed by atoms with Gasteiger partial charge >= 0.3 is 0 Å². The van der Waals surface area contributed by atoms with Crippen LogP contribution in [0.3, 0.4) is 0 Å². The van der Waals surface area contributed by atoms with E-state index in [4.69, 9.17) is 16.3 Å². The fraction of sp³-hybridized carbons (Fsp3) is 0.647. The minimum atomic E-state index is -0.568. The zero-order valence-corrected chi connectivity index (χ0v) is 14.3. The topological polar surface area (TPSA) is 52.9 Å². The monoisotopic (exact) mass is 327 g/mol. The first-order chi connectivity index (χ1) is 10.4. The van der Waals surface area contributed by atoms with Crippen LogP contribution in [-0.2, 0) is 0 Å². The molecule has 22 heavy (non-hydrogen) atoms. The lowest BCUT2D eigenvalue weighted by Gasteiger charge is -2.21. The summed E-state index contributed by atoms with van der Waals surface area (Å²) in [5.74, 6) is 1.09. The zero-order chi connectivity index (χ0) is 16.3. The van der Waals surface area contributed by atoms with Crippen LogP contribution in [0.15, 0.2) is 12.1 Å². The molecule has 0 aromatic heterocycles. The smallest absolute Gasteiger partial charge is 0.123 e. The lowest BCUT2D eigenvalue weighted by molar-refractivity contribution is 0.0703. The first kappa shape index (κ1) is 17.5. The number of rotatable bonds is 6. The van der Waals surface area contributed by atoms with Crippen molar-refractivity contribution in [2.45, 2.75) is 45.3 Å². The molecule has 1 fully saturated rings. The van der Waals surface area contributed by atoms with Gasteiger partial charge in [-0.3, -0.25) is 4.90 Å². The second-order valence-electron chi connectivity index (χ2n) is 6.46. The number of halogens is 1. The highest BCUT2D eigenvalue weighted by atomic mass is 35.5. The van der Waals surface area contributed by atoms with Gasteiger partial charge < -0.3 is 14.9 Å². The number of hydrogen-bond donors (Lipinski definition) is 2. The SMILES string of the molecule is Cc1cc(OCC(O)CN2CC[C@H](O)C2)c(C(C)C)cc1Cl. The molecule has 0 aliphatic carbocycles. The van der Waals surface area contributed by atoms with Crippen LogP contribution in [0, 0.1) is 6.92 Å². The van der Waals surface area contributed by atoms with Crippen molar-refractivity contribution in [1.29, 1.82) is 0 Å². The van der Waals surface area contributed by atoms with Crippen molar-refractivity contribution >= 4 is 11.6 Å². The Kier molecular flexibility index (Phi) is 6.09. The third-order valence-electron chi connectivity index (χ3n) is 4.06. The van der Waals surface area contributed by atoms with Crippen LogP contribution in [0.1, 0.15) is 37.3 Å². The molecule has 0 spiro atoms. The van der Waals surface area contributed by atoms with Crippen LogP contribution in [0.4, 0.5) is 0 Å². The van der Waals surface area contributed by atoms with Crippen LogP contribution in [0.2, 0.25) is 5.02 Å². The van der Waals surface area contributed by atoms with Gasteiger partial charge in [0.1, 0.15) is 18.5 Å². The summed E-state index contributed by atoms with van der Waals surface area (Å²) in [6.45, 7) is 8.37. The van der Waals surface area contributed by atoms with E-state index in [-0.39, 0.29) is 12.7 Å². The Bertz CT molecular complexity index is 507. The lowest BCUT2D eigenvalue weighted by Crippen LogP contribution is -2.34.